The van der Waals surface area contributed by atoms with Crippen LogP contribution in [0, 0.1) is 16.2 Å². The van der Waals surface area contributed by atoms with Crippen molar-refractivity contribution < 1.29 is 67.2 Å². The van der Waals surface area contributed by atoms with Gasteiger partial charge in [-0.05, 0) is 94.8 Å². The molecule has 3 heterocycles. The minimum atomic E-state index is -0.933. The summed E-state index contributed by atoms with van der Waals surface area (Å²) in [5, 5.41) is 4.58. The lowest BCUT2D eigenvalue weighted by Crippen LogP contribution is -2.69. The summed E-state index contributed by atoms with van der Waals surface area (Å²) >= 11 is 0. The zero-order chi connectivity index (χ0) is 39.3. The van der Waals surface area contributed by atoms with Gasteiger partial charge in [0.15, 0.2) is 0 Å². The van der Waals surface area contributed by atoms with E-state index in [2.05, 4.69) is 5.32 Å². The summed E-state index contributed by atoms with van der Waals surface area (Å²) in [6.45, 7) is 5.17. The highest BCUT2D eigenvalue weighted by molar-refractivity contribution is 6.02. The molecule has 54 heavy (non-hydrogen) atoms. The van der Waals surface area contributed by atoms with Crippen molar-refractivity contribution in [3.63, 3.8) is 0 Å². The molecule has 7 amide bonds. The van der Waals surface area contributed by atoms with Crippen LogP contribution in [0.25, 0.3) is 0 Å². The van der Waals surface area contributed by atoms with E-state index in [1.54, 1.807) is 20.8 Å². The lowest BCUT2D eigenvalue weighted by Gasteiger charge is -2.71. The van der Waals surface area contributed by atoms with E-state index < -0.39 is 86.8 Å². The first-order chi connectivity index (χ1) is 25.2. The first kappa shape index (κ1) is 38.8. The largest absolute Gasteiger partial charge is 0.444 e. The van der Waals surface area contributed by atoms with Crippen LogP contribution in [0.4, 0.5) is 4.79 Å². The number of rotatable bonds is 13. The molecule has 294 valence electrons. The molecule has 7 rings (SSSR count). The Morgan fingerprint density at radius 3 is 1.06 bits per heavy atom. The minimum Gasteiger partial charge on any atom is -0.444 e. The molecule has 4 bridgehead atoms. The second kappa shape index (κ2) is 14.1. The molecule has 4 aliphatic carbocycles. The zero-order valence-electron chi connectivity index (χ0n) is 30.8. The van der Waals surface area contributed by atoms with Crippen LogP contribution in [-0.2, 0) is 62.4 Å². The summed E-state index contributed by atoms with van der Waals surface area (Å²) < 4.78 is 5.67. The maximum atomic E-state index is 13.5. The van der Waals surface area contributed by atoms with Crippen LogP contribution in [0.3, 0.4) is 0 Å². The maximum Gasteiger partial charge on any atom is 0.408 e. The van der Waals surface area contributed by atoms with Crippen LogP contribution in [0.1, 0.15) is 136 Å². The lowest BCUT2D eigenvalue weighted by molar-refractivity contribution is -0.207. The van der Waals surface area contributed by atoms with Crippen LogP contribution in [-0.4, -0.2) is 85.8 Å². The topological polar surface area (TPSA) is 229 Å². The average molecular weight is 759 g/mol. The van der Waals surface area contributed by atoms with Crippen LogP contribution in [0.2, 0.25) is 0 Å². The molecule has 7 aliphatic rings. The molecule has 0 atom stereocenters. The van der Waals surface area contributed by atoms with Crippen LogP contribution in [0.15, 0.2) is 0 Å². The van der Waals surface area contributed by atoms with Gasteiger partial charge in [-0.1, -0.05) is 0 Å². The maximum absolute atomic E-state index is 13.5. The van der Waals surface area contributed by atoms with Gasteiger partial charge in [-0.2, -0.15) is 0 Å². The zero-order valence-corrected chi connectivity index (χ0v) is 30.8. The molecular formula is C36H46N4O14. The van der Waals surface area contributed by atoms with Crippen LogP contribution >= 0.6 is 0 Å². The number of imide groups is 3. The molecule has 0 aromatic heterocycles. The Kier molecular flexibility index (Phi) is 10.1. The van der Waals surface area contributed by atoms with E-state index in [1.165, 1.54) is 0 Å². The standard InChI is InChI=1S/C36H46N4O14/c1-32(2,3)51-31(50)37-36-19-33(13-10-28(47)52-38-22(41)4-5-23(38)42)16-34(20-36,14-11-29(48)53-39-24(43)6-7-25(39)44)18-35(17-33,21-36)15-12-30(49)54-40-26(45)8-9-27(40)46/h4-21H2,1-3H3,(H,37,50). The molecular weight excluding hydrogens is 712 g/mol. The average Bonchev–Trinajstić information content (AvgIpc) is 3.67. The van der Waals surface area contributed by atoms with E-state index in [1.807, 2.05) is 0 Å². The highest BCUT2D eigenvalue weighted by Crippen LogP contribution is 2.74. The Balaban J connectivity index is 1.27. The molecule has 18 heteroatoms. The Hall–Kier alpha value is -4.90. The van der Waals surface area contributed by atoms with Gasteiger partial charge >= 0.3 is 24.0 Å². The Bertz CT molecular complexity index is 1470. The van der Waals surface area contributed by atoms with Crippen LogP contribution in [0.5, 0.6) is 0 Å². The highest BCUT2D eigenvalue weighted by atomic mass is 16.7. The predicted octanol–water partition coefficient (Wildman–Crippen LogP) is 2.75. The third-order valence-corrected chi connectivity index (χ3v) is 11.3. The van der Waals surface area contributed by atoms with Gasteiger partial charge in [0.05, 0.1) is 0 Å². The normalized spacial score (nSPS) is 30.4. The molecule has 0 aromatic carbocycles. The van der Waals surface area contributed by atoms with Crippen molar-refractivity contribution in [1.29, 1.82) is 0 Å². The Labute approximate surface area is 310 Å². The number of hydroxylamine groups is 6. The first-order valence-electron chi connectivity index (χ1n) is 18.4. The molecule has 18 nitrogen and oxygen atoms in total. The molecule has 0 radical (unpaired) electrons. The number of carbonyl (C=O) groups excluding carboxylic acids is 10. The van der Waals surface area contributed by atoms with Gasteiger partial charge in [0.1, 0.15) is 5.60 Å². The third kappa shape index (κ3) is 8.26. The monoisotopic (exact) mass is 758 g/mol. The van der Waals surface area contributed by atoms with E-state index >= 15 is 0 Å². The summed E-state index contributed by atoms with van der Waals surface area (Å²) in [4.78, 5) is 141. The van der Waals surface area contributed by atoms with Gasteiger partial charge in [0.25, 0.3) is 35.4 Å². The van der Waals surface area contributed by atoms with E-state index in [0.29, 0.717) is 53.7 Å². The van der Waals surface area contributed by atoms with Gasteiger partial charge in [-0.25, -0.2) is 19.2 Å². The molecule has 4 saturated carbocycles. The van der Waals surface area contributed by atoms with Crippen molar-refractivity contribution in [3.05, 3.63) is 0 Å². The molecule has 7 fully saturated rings. The summed E-state index contributed by atoms with van der Waals surface area (Å²) in [5.41, 5.74) is -3.82. The summed E-state index contributed by atoms with van der Waals surface area (Å²) in [6, 6.07) is 0. The Morgan fingerprint density at radius 1 is 0.519 bits per heavy atom. The molecule has 0 aromatic rings. The fourth-order valence-electron chi connectivity index (χ4n) is 10.3. The summed E-state index contributed by atoms with van der Waals surface area (Å²) in [5.74, 6) is -6.07. The van der Waals surface area contributed by atoms with Crippen molar-refractivity contribution in [2.45, 2.75) is 147 Å². The number of alkyl carbamates (subject to hydrolysis) is 1. The highest BCUT2D eigenvalue weighted by Gasteiger charge is 2.68. The molecule has 0 spiro atoms. The number of carbonyl (C=O) groups is 10. The van der Waals surface area contributed by atoms with Crippen molar-refractivity contribution in [1.82, 2.24) is 20.5 Å². The van der Waals surface area contributed by atoms with E-state index in [9.17, 15) is 47.9 Å². The van der Waals surface area contributed by atoms with Crippen molar-refractivity contribution in [2.75, 3.05) is 0 Å². The van der Waals surface area contributed by atoms with Gasteiger partial charge in [0.2, 0.25) is 0 Å². The van der Waals surface area contributed by atoms with Crippen LogP contribution < -0.4 is 5.32 Å². The molecule has 1 N–H and O–H groups in total. The van der Waals surface area contributed by atoms with E-state index in [0.717, 1.165) is 0 Å². The number of hydrogen-bond acceptors (Lipinski definition) is 14. The summed E-state index contributed by atoms with van der Waals surface area (Å²) in [7, 11) is 0. The second-order valence-corrected chi connectivity index (χ2v) is 17.1. The number of nitrogens with zero attached hydrogens (tertiary/aromatic N) is 3. The lowest BCUT2D eigenvalue weighted by atomic mass is 9.35. The fraction of sp³-hybridized carbons (Fsp3) is 0.722. The molecule has 3 aliphatic heterocycles. The quantitative estimate of drug-likeness (QED) is 0.267. The Morgan fingerprint density at radius 2 is 0.796 bits per heavy atom. The second-order valence-electron chi connectivity index (χ2n) is 17.1. The first-order valence-corrected chi connectivity index (χ1v) is 18.4. The van der Waals surface area contributed by atoms with Gasteiger partial charge in [-0.3, -0.25) is 28.8 Å². The van der Waals surface area contributed by atoms with Gasteiger partial charge < -0.3 is 24.6 Å². The van der Waals surface area contributed by atoms with Gasteiger partial charge in [0, 0.05) is 63.3 Å². The molecule has 3 saturated heterocycles. The third-order valence-electron chi connectivity index (χ3n) is 11.3. The van der Waals surface area contributed by atoms with E-state index in [-0.39, 0.29) is 77.0 Å². The predicted molar refractivity (Wildman–Crippen MR) is 176 cm³/mol. The number of nitrogens with one attached hydrogen (secondary N) is 1. The smallest absolute Gasteiger partial charge is 0.408 e. The molecule has 0 unspecified atom stereocenters. The number of hydrogen-bond donors (Lipinski definition) is 1. The van der Waals surface area contributed by atoms with Crippen molar-refractivity contribution in [2.24, 2.45) is 16.2 Å². The fourth-order valence-corrected chi connectivity index (χ4v) is 10.3. The SMILES string of the molecule is CC(C)(C)OC(=O)NC12CC3(CCC(=O)ON4C(=O)CCC4=O)CC(CCC(=O)ON4C(=O)CCC4=O)(CC(CCC(=O)ON4C(=O)CCC4=O)(C3)C1)C2. The number of amides is 7. The number of ether oxygens (including phenoxy) is 1. The summed E-state index contributed by atoms with van der Waals surface area (Å²) in [6.07, 6.45) is 1.70. The van der Waals surface area contributed by atoms with Crippen molar-refractivity contribution >= 4 is 59.4 Å². The minimum absolute atomic E-state index is 0.0645. The van der Waals surface area contributed by atoms with E-state index in [4.69, 9.17) is 19.2 Å². The van der Waals surface area contributed by atoms with Gasteiger partial charge in [-0.15, -0.1) is 15.2 Å². The van der Waals surface area contributed by atoms with Crippen molar-refractivity contribution in [3.8, 4) is 0 Å².